The molecule has 2 N–H and O–H groups in total. The molecule has 118 valence electrons. The van der Waals surface area contributed by atoms with Crippen LogP contribution in [-0.4, -0.2) is 25.2 Å². The second-order valence-electron chi connectivity index (χ2n) is 3.97. The van der Waals surface area contributed by atoms with Crippen LogP contribution in [0.5, 0.6) is 0 Å². The monoisotopic (exact) mass is 334 g/mol. The largest absolute Gasteiger partial charge is 0.416 e. The third kappa shape index (κ3) is 6.56. The minimum atomic E-state index is -4.63. The Morgan fingerprint density at radius 3 is 2.24 bits per heavy atom. The van der Waals surface area contributed by atoms with Crippen molar-refractivity contribution in [1.29, 1.82) is 0 Å². The number of amides is 1. The van der Waals surface area contributed by atoms with Gasteiger partial charge in [-0.15, -0.1) is 0 Å². The molecule has 1 rings (SSSR count). The number of halogens is 7. The van der Waals surface area contributed by atoms with Gasteiger partial charge in [0.05, 0.1) is 12.1 Å². The molecule has 1 aromatic carbocycles. The predicted octanol–water partition coefficient (Wildman–Crippen LogP) is 3.45. The molecular formula is C11H9ClF6N2O. The van der Waals surface area contributed by atoms with Gasteiger partial charge in [-0.2, -0.15) is 26.3 Å². The lowest BCUT2D eigenvalue weighted by Crippen LogP contribution is -2.37. The zero-order valence-corrected chi connectivity index (χ0v) is 11.0. The van der Waals surface area contributed by atoms with Gasteiger partial charge in [0.15, 0.2) is 0 Å². The van der Waals surface area contributed by atoms with Crippen LogP contribution in [0.15, 0.2) is 18.2 Å². The molecule has 1 aromatic rings. The minimum absolute atomic E-state index is 0.128. The molecule has 0 unspecified atom stereocenters. The zero-order valence-electron chi connectivity index (χ0n) is 10.2. The third-order valence-electron chi connectivity index (χ3n) is 2.16. The van der Waals surface area contributed by atoms with Crippen molar-refractivity contribution in [2.75, 3.05) is 18.4 Å². The van der Waals surface area contributed by atoms with Crippen LogP contribution in [0.3, 0.4) is 0 Å². The quantitative estimate of drug-likeness (QED) is 0.828. The first-order chi connectivity index (χ1) is 9.47. The number of hydrogen-bond acceptors (Lipinski definition) is 2. The van der Waals surface area contributed by atoms with E-state index in [1.54, 1.807) is 5.32 Å². The number of nitrogens with one attached hydrogen (secondary N) is 2. The first-order valence-corrected chi connectivity index (χ1v) is 5.80. The third-order valence-corrected chi connectivity index (χ3v) is 2.38. The number of carbonyl (C=O) groups excluding carboxylic acids is 1. The summed E-state index contributed by atoms with van der Waals surface area (Å²) in [6, 6.07) is 2.51. The average Bonchev–Trinajstić information content (AvgIpc) is 2.31. The van der Waals surface area contributed by atoms with Gasteiger partial charge < -0.3 is 10.6 Å². The Hall–Kier alpha value is -1.64. The summed E-state index contributed by atoms with van der Waals surface area (Å²) in [7, 11) is 0. The molecule has 3 nitrogen and oxygen atoms in total. The number of benzene rings is 1. The van der Waals surface area contributed by atoms with Crippen molar-refractivity contribution < 1.29 is 31.1 Å². The van der Waals surface area contributed by atoms with Gasteiger partial charge >= 0.3 is 12.4 Å². The van der Waals surface area contributed by atoms with Gasteiger partial charge in [-0.1, -0.05) is 11.6 Å². The van der Waals surface area contributed by atoms with E-state index in [0.717, 1.165) is 6.07 Å². The van der Waals surface area contributed by atoms with E-state index in [1.807, 2.05) is 0 Å². The van der Waals surface area contributed by atoms with Gasteiger partial charge in [-0.25, -0.2) is 0 Å². The molecular weight excluding hydrogens is 326 g/mol. The first kappa shape index (κ1) is 17.4. The van der Waals surface area contributed by atoms with Crippen LogP contribution in [0, 0.1) is 0 Å². The lowest BCUT2D eigenvalue weighted by atomic mass is 10.2. The Morgan fingerprint density at radius 1 is 1.10 bits per heavy atom. The second-order valence-corrected chi connectivity index (χ2v) is 4.41. The van der Waals surface area contributed by atoms with Crippen molar-refractivity contribution in [3.05, 3.63) is 28.8 Å². The highest BCUT2D eigenvalue weighted by molar-refractivity contribution is 6.30. The van der Waals surface area contributed by atoms with Crippen molar-refractivity contribution in [2.24, 2.45) is 0 Å². The van der Waals surface area contributed by atoms with E-state index >= 15 is 0 Å². The number of anilines is 1. The SMILES string of the molecule is O=C(CNc1cc(Cl)cc(C(F)(F)F)c1)NCC(F)(F)F. The fourth-order valence-electron chi connectivity index (χ4n) is 1.30. The summed E-state index contributed by atoms with van der Waals surface area (Å²) in [6.07, 6.45) is -9.19. The lowest BCUT2D eigenvalue weighted by molar-refractivity contribution is -0.137. The second kappa shape index (κ2) is 6.42. The van der Waals surface area contributed by atoms with Crippen molar-refractivity contribution in [2.45, 2.75) is 12.4 Å². The Kier molecular flexibility index (Phi) is 5.32. The van der Waals surface area contributed by atoms with Crippen LogP contribution in [0.1, 0.15) is 5.56 Å². The summed E-state index contributed by atoms with van der Waals surface area (Å²) >= 11 is 5.50. The highest BCUT2D eigenvalue weighted by Gasteiger charge is 2.31. The summed E-state index contributed by atoms with van der Waals surface area (Å²) in [5.41, 5.74) is -1.16. The number of rotatable bonds is 4. The predicted molar refractivity (Wildman–Crippen MR) is 64.0 cm³/mol. The molecule has 0 radical (unpaired) electrons. The summed E-state index contributed by atoms with van der Waals surface area (Å²) < 4.78 is 73.0. The van der Waals surface area contributed by atoms with Crippen molar-refractivity contribution in [3.8, 4) is 0 Å². The Bertz CT molecular complexity index is 514. The molecule has 0 bridgehead atoms. The topological polar surface area (TPSA) is 41.1 Å². The molecule has 0 saturated heterocycles. The molecule has 10 heteroatoms. The van der Waals surface area contributed by atoms with Crippen molar-refractivity contribution in [3.63, 3.8) is 0 Å². The van der Waals surface area contributed by atoms with E-state index < -0.39 is 36.9 Å². The molecule has 0 heterocycles. The first-order valence-electron chi connectivity index (χ1n) is 5.42. The standard InChI is InChI=1S/C11H9ClF6N2O/c12-7-1-6(11(16,17)18)2-8(3-7)19-4-9(21)20-5-10(13,14)15/h1-3,19H,4-5H2,(H,20,21). The normalized spacial score (nSPS) is 12.1. The summed E-state index contributed by atoms with van der Waals surface area (Å²) in [4.78, 5) is 11.1. The van der Waals surface area contributed by atoms with Crippen LogP contribution in [0.4, 0.5) is 32.0 Å². The molecule has 0 aliphatic rings. The molecule has 0 aromatic heterocycles. The van der Waals surface area contributed by atoms with Crippen molar-refractivity contribution >= 4 is 23.2 Å². The number of alkyl halides is 6. The lowest BCUT2D eigenvalue weighted by Gasteiger charge is -2.12. The zero-order chi connectivity index (χ0) is 16.3. The van der Waals surface area contributed by atoms with Crippen LogP contribution in [-0.2, 0) is 11.0 Å². The van der Waals surface area contributed by atoms with Gasteiger partial charge in [0.2, 0.25) is 5.91 Å². The molecule has 0 atom stereocenters. The van der Waals surface area contributed by atoms with E-state index in [2.05, 4.69) is 5.32 Å². The van der Waals surface area contributed by atoms with Crippen LogP contribution in [0.25, 0.3) is 0 Å². The number of hydrogen-bond donors (Lipinski definition) is 2. The maximum Gasteiger partial charge on any atom is 0.416 e. The fraction of sp³-hybridized carbons (Fsp3) is 0.364. The van der Waals surface area contributed by atoms with Gasteiger partial charge in [0.1, 0.15) is 6.54 Å². The smallest absolute Gasteiger partial charge is 0.376 e. The van der Waals surface area contributed by atoms with Gasteiger partial charge in [-0.05, 0) is 18.2 Å². The van der Waals surface area contributed by atoms with Crippen LogP contribution in [0.2, 0.25) is 5.02 Å². The van der Waals surface area contributed by atoms with Gasteiger partial charge in [0.25, 0.3) is 0 Å². The fourth-order valence-corrected chi connectivity index (χ4v) is 1.53. The summed E-state index contributed by atoms with van der Waals surface area (Å²) in [6.45, 7) is -2.13. The van der Waals surface area contributed by atoms with E-state index in [1.165, 1.54) is 0 Å². The van der Waals surface area contributed by atoms with Crippen molar-refractivity contribution in [1.82, 2.24) is 5.32 Å². The molecule has 0 aliphatic heterocycles. The van der Waals surface area contributed by atoms with Crippen LogP contribution < -0.4 is 10.6 Å². The molecule has 1 amide bonds. The highest BCUT2D eigenvalue weighted by atomic mass is 35.5. The minimum Gasteiger partial charge on any atom is -0.376 e. The molecule has 0 fully saturated rings. The Morgan fingerprint density at radius 2 is 1.71 bits per heavy atom. The molecule has 0 spiro atoms. The van der Waals surface area contributed by atoms with Gasteiger partial charge in [-0.3, -0.25) is 4.79 Å². The maximum atomic E-state index is 12.5. The Balaban J connectivity index is 2.64. The van der Waals surface area contributed by atoms with E-state index in [9.17, 15) is 31.1 Å². The average molecular weight is 335 g/mol. The van der Waals surface area contributed by atoms with E-state index in [4.69, 9.17) is 11.6 Å². The molecule has 0 aliphatic carbocycles. The Labute approximate surface area is 120 Å². The van der Waals surface area contributed by atoms with E-state index in [-0.39, 0.29) is 10.7 Å². The van der Waals surface area contributed by atoms with Crippen LogP contribution >= 0.6 is 11.6 Å². The molecule has 0 saturated carbocycles. The maximum absolute atomic E-state index is 12.5. The van der Waals surface area contributed by atoms with Gasteiger partial charge in [0, 0.05) is 10.7 Å². The summed E-state index contributed by atoms with van der Waals surface area (Å²) in [5.74, 6) is -1.01. The molecule has 21 heavy (non-hydrogen) atoms. The van der Waals surface area contributed by atoms with E-state index in [0.29, 0.717) is 12.1 Å². The summed E-state index contributed by atoms with van der Waals surface area (Å²) in [5, 5.41) is 3.62. The number of carbonyl (C=O) groups is 1. The highest BCUT2D eigenvalue weighted by Crippen LogP contribution is 2.33.